The van der Waals surface area contributed by atoms with Crippen LogP contribution >= 0.6 is 0 Å². The van der Waals surface area contributed by atoms with Crippen LogP contribution in [0.5, 0.6) is 0 Å². The number of halogens is 2. The Morgan fingerprint density at radius 3 is 2.83 bits per heavy atom. The lowest BCUT2D eigenvalue weighted by Crippen LogP contribution is -2.03. The van der Waals surface area contributed by atoms with Crippen molar-refractivity contribution in [3.8, 4) is 0 Å². The minimum absolute atomic E-state index is 0.238. The Balaban J connectivity index is 2.06. The van der Waals surface area contributed by atoms with Gasteiger partial charge in [0.2, 0.25) is 0 Å². The van der Waals surface area contributed by atoms with E-state index >= 15 is 0 Å². The summed E-state index contributed by atoms with van der Waals surface area (Å²) >= 11 is 0. The summed E-state index contributed by atoms with van der Waals surface area (Å²) in [6.07, 6.45) is 3.34. The van der Waals surface area contributed by atoms with Crippen molar-refractivity contribution in [2.45, 2.75) is 19.4 Å². The van der Waals surface area contributed by atoms with Crippen molar-refractivity contribution in [1.82, 2.24) is 15.0 Å². The summed E-state index contributed by atoms with van der Waals surface area (Å²) in [6.45, 7) is 0.835. The topological polar surface area (TPSA) is 56.7 Å². The van der Waals surface area contributed by atoms with E-state index in [-0.39, 0.29) is 6.54 Å². The zero-order valence-corrected chi connectivity index (χ0v) is 9.81. The first kappa shape index (κ1) is 12.6. The summed E-state index contributed by atoms with van der Waals surface area (Å²) in [5.41, 5.74) is 6.60. The maximum absolute atomic E-state index is 13.4. The number of benzene rings is 1. The van der Waals surface area contributed by atoms with Crippen LogP contribution in [0.2, 0.25) is 0 Å². The van der Waals surface area contributed by atoms with E-state index in [0.29, 0.717) is 12.1 Å². The van der Waals surface area contributed by atoms with Gasteiger partial charge in [-0.15, -0.1) is 5.10 Å². The van der Waals surface area contributed by atoms with Crippen LogP contribution in [0.1, 0.15) is 17.7 Å². The van der Waals surface area contributed by atoms with Gasteiger partial charge in [0.25, 0.3) is 0 Å². The molecule has 0 amide bonds. The fourth-order valence-electron chi connectivity index (χ4n) is 1.64. The van der Waals surface area contributed by atoms with E-state index in [9.17, 15) is 8.78 Å². The van der Waals surface area contributed by atoms with E-state index < -0.39 is 11.6 Å². The minimum Gasteiger partial charge on any atom is -0.330 e. The molecule has 0 aliphatic rings. The molecule has 6 heteroatoms. The number of hydrogen-bond donors (Lipinski definition) is 1. The summed E-state index contributed by atoms with van der Waals surface area (Å²) in [5, 5.41) is 7.85. The first-order chi connectivity index (χ1) is 8.69. The molecule has 96 valence electrons. The van der Waals surface area contributed by atoms with Gasteiger partial charge in [-0.3, -0.25) is 0 Å². The van der Waals surface area contributed by atoms with Gasteiger partial charge in [0, 0.05) is 17.8 Å². The van der Waals surface area contributed by atoms with Gasteiger partial charge in [-0.2, -0.15) is 0 Å². The second kappa shape index (κ2) is 5.68. The van der Waals surface area contributed by atoms with E-state index in [4.69, 9.17) is 5.73 Å². The van der Waals surface area contributed by atoms with Gasteiger partial charge >= 0.3 is 0 Å². The van der Waals surface area contributed by atoms with Crippen LogP contribution in [0, 0.1) is 11.6 Å². The van der Waals surface area contributed by atoms with Crippen molar-refractivity contribution in [2.75, 3.05) is 6.54 Å². The maximum atomic E-state index is 13.4. The van der Waals surface area contributed by atoms with Gasteiger partial charge < -0.3 is 5.73 Å². The van der Waals surface area contributed by atoms with Crippen LogP contribution in [0.25, 0.3) is 0 Å². The van der Waals surface area contributed by atoms with Crippen molar-refractivity contribution < 1.29 is 8.78 Å². The van der Waals surface area contributed by atoms with Gasteiger partial charge in [-0.05, 0) is 25.5 Å². The molecule has 18 heavy (non-hydrogen) atoms. The monoisotopic (exact) mass is 252 g/mol. The standard InChI is InChI=1S/C12H14F2N4/c13-10-4-3-9(12(14)6-10)7-18-8-11(16-17-18)2-1-5-15/h3-4,6,8H,1-2,5,7,15H2. The van der Waals surface area contributed by atoms with E-state index in [0.717, 1.165) is 24.6 Å². The minimum atomic E-state index is -0.585. The highest BCUT2D eigenvalue weighted by atomic mass is 19.1. The first-order valence-corrected chi connectivity index (χ1v) is 5.72. The van der Waals surface area contributed by atoms with E-state index in [1.807, 2.05) is 0 Å². The predicted octanol–water partition coefficient (Wildman–Crippen LogP) is 1.50. The smallest absolute Gasteiger partial charge is 0.131 e. The molecule has 0 fully saturated rings. The fourth-order valence-corrected chi connectivity index (χ4v) is 1.64. The molecule has 0 radical (unpaired) electrons. The second-order valence-electron chi connectivity index (χ2n) is 4.04. The Labute approximate surface area is 103 Å². The Morgan fingerprint density at radius 1 is 1.28 bits per heavy atom. The number of aryl methyl sites for hydroxylation is 1. The van der Waals surface area contributed by atoms with Crippen molar-refractivity contribution in [3.05, 3.63) is 47.3 Å². The largest absolute Gasteiger partial charge is 0.330 e. The zero-order chi connectivity index (χ0) is 13.0. The Hall–Kier alpha value is -1.82. The molecule has 0 spiro atoms. The van der Waals surface area contributed by atoms with Crippen LogP contribution in [-0.2, 0) is 13.0 Å². The summed E-state index contributed by atoms with van der Waals surface area (Å²) in [5.74, 6) is -1.16. The SMILES string of the molecule is NCCCc1cn(Cc2ccc(F)cc2F)nn1. The molecule has 2 rings (SSSR count). The van der Waals surface area contributed by atoms with Crippen LogP contribution in [0.3, 0.4) is 0 Å². The van der Waals surface area contributed by atoms with Gasteiger partial charge in [0.15, 0.2) is 0 Å². The van der Waals surface area contributed by atoms with Crippen LogP contribution in [0.15, 0.2) is 24.4 Å². The van der Waals surface area contributed by atoms with Crippen molar-refractivity contribution in [3.63, 3.8) is 0 Å². The molecular weight excluding hydrogens is 238 g/mol. The van der Waals surface area contributed by atoms with Crippen molar-refractivity contribution in [2.24, 2.45) is 5.73 Å². The van der Waals surface area contributed by atoms with E-state index in [1.54, 1.807) is 6.20 Å². The Bertz CT molecular complexity index is 525. The summed E-state index contributed by atoms with van der Waals surface area (Å²) in [6, 6.07) is 3.50. The lowest BCUT2D eigenvalue weighted by atomic mass is 10.2. The van der Waals surface area contributed by atoms with E-state index in [1.165, 1.54) is 16.8 Å². The van der Waals surface area contributed by atoms with Gasteiger partial charge in [0.05, 0.1) is 12.2 Å². The first-order valence-electron chi connectivity index (χ1n) is 5.72. The molecule has 0 saturated carbocycles. The third-order valence-electron chi connectivity index (χ3n) is 2.57. The zero-order valence-electron chi connectivity index (χ0n) is 9.81. The predicted molar refractivity (Wildman–Crippen MR) is 62.9 cm³/mol. The summed E-state index contributed by atoms with van der Waals surface area (Å²) in [4.78, 5) is 0. The Kier molecular flexibility index (Phi) is 3.99. The van der Waals surface area contributed by atoms with Crippen molar-refractivity contribution >= 4 is 0 Å². The second-order valence-corrected chi connectivity index (χ2v) is 4.04. The molecule has 1 heterocycles. The maximum Gasteiger partial charge on any atom is 0.131 e. The number of nitrogens with zero attached hydrogens (tertiary/aromatic N) is 3. The summed E-state index contributed by atoms with van der Waals surface area (Å²) in [7, 11) is 0. The average molecular weight is 252 g/mol. The van der Waals surface area contributed by atoms with Crippen LogP contribution in [0.4, 0.5) is 8.78 Å². The third kappa shape index (κ3) is 3.10. The number of hydrogen-bond acceptors (Lipinski definition) is 3. The normalized spacial score (nSPS) is 10.8. The van der Waals surface area contributed by atoms with Gasteiger partial charge in [-0.25, -0.2) is 13.5 Å². The molecule has 2 N–H and O–H groups in total. The highest BCUT2D eigenvalue weighted by molar-refractivity contribution is 5.18. The molecular formula is C12H14F2N4. The molecule has 1 aromatic heterocycles. The highest BCUT2D eigenvalue weighted by Crippen LogP contribution is 2.11. The van der Waals surface area contributed by atoms with Gasteiger partial charge in [0.1, 0.15) is 11.6 Å². The highest BCUT2D eigenvalue weighted by Gasteiger charge is 2.06. The molecule has 0 saturated heterocycles. The molecule has 4 nitrogen and oxygen atoms in total. The Morgan fingerprint density at radius 2 is 2.11 bits per heavy atom. The lowest BCUT2D eigenvalue weighted by molar-refractivity contribution is 0.554. The van der Waals surface area contributed by atoms with E-state index in [2.05, 4.69) is 10.3 Å². The lowest BCUT2D eigenvalue weighted by Gasteiger charge is -2.02. The number of rotatable bonds is 5. The molecule has 0 atom stereocenters. The van der Waals surface area contributed by atoms with Gasteiger partial charge in [-0.1, -0.05) is 11.3 Å². The molecule has 2 aromatic rings. The number of nitrogens with two attached hydrogens (primary N) is 1. The average Bonchev–Trinajstić information content (AvgIpc) is 2.78. The molecule has 0 aliphatic carbocycles. The fraction of sp³-hybridized carbons (Fsp3) is 0.333. The van der Waals surface area contributed by atoms with Crippen LogP contribution in [-0.4, -0.2) is 21.5 Å². The number of aromatic nitrogens is 3. The third-order valence-corrected chi connectivity index (χ3v) is 2.57. The summed E-state index contributed by atoms with van der Waals surface area (Å²) < 4.78 is 27.7. The molecule has 0 unspecified atom stereocenters. The quantitative estimate of drug-likeness (QED) is 0.877. The van der Waals surface area contributed by atoms with Crippen LogP contribution < -0.4 is 5.73 Å². The molecule has 0 aliphatic heterocycles. The van der Waals surface area contributed by atoms with Crippen molar-refractivity contribution in [1.29, 1.82) is 0 Å². The molecule has 0 bridgehead atoms. The molecule has 1 aromatic carbocycles.